The molecule has 83 heavy (non-hydrogen) atoms. The second kappa shape index (κ2) is 17.6. The smallest absolute Gasteiger partial charge is 0.164 e. The SMILES string of the molecule is c1cc(-c2nc(-c3cccc4ccccc34)nc(-c3cccc4ccccc34)n2)cc(-n2c3ccc(-n4c5ccccc5c5cc6ccccc6cc54)cc3c3cc(-n4c5ccccc5c5cc6ccccc6cc54)c4ccccc4c32)c1. The molecule has 4 aromatic heterocycles. The van der Waals surface area contributed by atoms with E-state index in [9.17, 15) is 0 Å². The van der Waals surface area contributed by atoms with Crippen molar-refractivity contribution in [2.75, 3.05) is 0 Å². The highest BCUT2D eigenvalue weighted by molar-refractivity contribution is 6.23. The summed E-state index contributed by atoms with van der Waals surface area (Å²) in [7, 11) is 0. The molecule has 0 saturated heterocycles. The second-order valence-electron chi connectivity index (χ2n) is 21.9. The molecule has 0 amide bonds. The zero-order valence-electron chi connectivity index (χ0n) is 44.7. The van der Waals surface area contributed by atoms with Crippen LogP contribution in [0, 0.1) is 0 Å². The molecule has 6 heteroatoms. The molecule has 0 N–H and O–H groups in total. The standard InChI is InChI=1S/C77H46N6/c1-3-22-51-43-71-64(41-49(51)20-1)59-31-11-13-36-68(59)81(71)55-38-39-70-66(45-55)67-46-73(83-69-37-14-12-32-60(69)65-42-50-21-2-4-23-52(50)44-72(65)83)58-30-9-10-33-61(58)74(67)82(70)54-27-15-26-53(40-54)75-78-76(62-34-16-24-47-18-5-7-28-56(47)62)80-77(79-75)63-35-17-25-48-19-6-8-29-57(48)63/h1-46H. The van der Waals surface area contributed by atoms with E-state index in [0.717, 1.165) is 87.9 Å². The molecular weight excluding hydrogens is 1010 g/mol. The third-order valence-corrected chi connectivity index (χ3v) is 17.4. The number of hydrogen-bond acceptors (Lipinski definition) is 3. The minimum Gasteiger partial charge on any atom is -0.309 e. The summed E-state index contributed by atoms with van der Waals surface area (Å²) in [6, 6.07) is 102. The van der Waals surface area contributed by atoms with Gasteiger partial charge in [-0.25, -0.2) is 15.0 Å². The second-order valence-corrected chi connectivity index (χ2v) is 21.9. The molecule has 14 aromatic carbocycles. The Hall–Kier alpha value is -11.2. The van der Waals surface area contributed by atoms with Crippen LogP contribution in [0.2, 0.25) is 0 Å². The van der Waals surface area contributed by atoms with Crippen molar-refractivity contribution >= 4 is 119 Å². The number of nitrogens with zero attached hydrogens (tertiary/aromatic N) is 6. The first-order valence-corrected chi connectivity index (χ1v) is 28.3. The van der Waals surface area contributed by atoms with E-state index in [4.69, 9.17) is 15.0 Å². The van der Waals surface area contributed by atoms with Crippen LogP contribution < -0.4 is 0 Å². The Morgan fingerprint density at radius 3 is 1.27 bits per heavy atom. The molecule has 0 fully saturated rings. The summed E-state index contributed by atoms with van der Waals surface area (Å²) in [6.07, 6.45) is 0. The lowest BCUT2D eigenvalue weighted by Gasteiger charge is -2.16. The zero-order chi connectivity index (χ0) is 54.3. The fraction of sp³-hybridized carbons (Fsp3) is 0. The topological polar surface area (TPSA) is 53.5 Å². The van der Waals surface area contributed by atoms with Crippen molar-refractivity contribution in [2.45, 2.75) is 0 Å². The maximum atomic E-state index is 5.41. The minimum absolute atomic E-state index is 0.598. The van der Waals surface area contributed by atoms with Gasteiger partial charge in [0.25, 0.3) is 0 Å². The fourth-order valence-electron chi connectivity index (χ4n) is 13.7. The molecule has 0 aliphatic rings. The third-order valence-electron chi connectivity index (χ3n) is 17.4. The number of aromatic nitrogens is 6. The van der Waals surface area contributed by atoms with Gasteiger partial charge in [0.05, 0.1) is 38.8 Å². The highest BCUT2D eigenvalue weighted by Crippen LogP contribution is 2.45. The molecule has 0 aliphatic heterocycles. The van der Waals surface area contributed by atoms with Gasteiger partial charge in [-0.05, 0) is 116 Å². The van der Waals surface area contributed by atoms with Crippen LogP contribution in [-0.2, 0) is 0 Å². The van der Waals surface area contributed by atoms with E-state index in [1.807, 2.05) is 0 Å². The first-order chi connectivity index (χ1) is 41.1. The van der Waals surface area contributed by atoms with Crippen molar-refractivity contribution in [3.63, 3.8) is 0 Å². The summed E-state index contributed by atoms with van der Waals surface area (Å²) in [5.41, 5.74) is 12.9. The molecule has 0 aliphatic carbocycles. The predicted molar refractivity (Wildman–Crippen MR) is 347 cm³/mol. The van der Waals surface area contributed by atoms with Crippen LogP contribution in [0.15, 0.2) is 279 Å². The summed E-state index contributed by atoms with van der Waals surface area (Å²) < 4.78 is 7.44. The van der Waals surface area contributed by atoms with Gasteiger partial charge in [0.2, 0.25) is 0 Å². The van der Waals surface area contributed by atoms with Crippen LogP contribution in [0.25, 0.3) is 171 Å². The quantitative estimate of drug-likeness (QED) is 0.167. The Morgan fingerprint density at radius 2 is 0.651 bits per heavy atom. The molecule has 0 unspecified atom stereocenters. The Labute approximate surface area is 475 Å². The minimum atomic E-state index is 0.598. The van der Waals surface area contributed by atoms with Gasteiger partial charge < -0.3 is 13.7 Å². The molecule has 18 aromatic rings. The van der Waals surface area contributed by atoms with Crippen LogP contribution in [0.3, 0.4) is 0 Å². The van der Waals surface area contributed by atoms with Crippen molar-refractivity contribution in [3.8, 4) is 51.2 Å². The molecule has 4 heterocycles. The Kier molecular flexibility index (Phi) is 9.70. The van der Waals surface area contributed by atoms with Crippen LogP contribution in [0.5, 0.6) is 0 Å². The number of rotatable bonds is 6. The monoisotopic (exact) mass is 1050 g/mol. The largest absolute Gasteiger partial charge is 0.309 e. The molecule has 6 nitrogen and oxygen atoms in total. The predicted octanol–water partition coefficient (Wildman–Crippen LogP) is 19.9. The highest BCUT2D eigenvalue weighted by Gasteiger charge is 2.24. The molecule has 0 saturated carbocycles. The van der Waals surface area contributed by atoms with Crippen molar-refractivity contribution < 1.29 is 0 Å². The van der Waals surface area contributed by atoms with Gasteiger partial charge >= 0.3 is 0 Å². The zero-order valence-corrected chi connectivity index (χ0v) is 44.7. The van der Waals surface area contributed by atoms with Crippen molar-refractivity contribution in [1.82, 2.24) is 28.7 Å². The third kappa shape index (κ3) is 6.87. The summed E-state index contributed by atoms with van der Waals surface area (Å²) in [5, 5.41) is 18.8. The summed E-state index contributed by atoms with van der Waals surface area (Å²) in [4.78, 5) is 16.1. The van der Waals surface area contributed by atoms with E-state index in [1.165, 1.54) is 65.2 Å². The number of hydrogen-bond donors (Lipinski definition) is 0. The molecule has 0 radical (unpaired) electrons. The number of benzene rings is 14. The van der Waals surface area contributed by atoms with Crippen LogP contribution >= 0.6 is 0 Å². The van der Waals surface area contributed by atoms with E-state index in [1.54, 1.807) is 0 Å². The Morgan fingerprint density at radius 1 is 0.217 bits per heavy atom. The maximum Gasteiger partial charge on any atom is 0.164 e. The lowest BCUT2D eigenvalue weighted by molar-refractivity contribution is 1.08. The Bertz CT molecular complexity index is 5670. The van der Waals surface area contributed by atoms with Gasteiger partial charge in [-0.15, -0.1) is 0 Å². The summed E-state index contributed by atoms with van der Waals surface area (Å²) in [6.45, 7) is 0. The molecule has 18 rings (SSSR count). The van der Waals surface area contributed by atoms with Gasteiger partial charge in [-0.2, -0.15) is 0 Å². The van der Waals surface area contributed by atoms with Crippen molar-refractivity contribution in [2.24, 2.45) is 0 Å². The number of fused-ring (bicyclic) bond motifs is 15. The lowest BCUT2D eigenvalue weighted by Crippen LogP contribution is -2.02. The van der Waals surface area contributed by atoms with E-state index in [-0.39, 0.29) is 0 Å². The lowest BCUT2D eigenvalue weighted by atomic mass is 10.0. The molecule has 0 bridgehead atoms. The van der Waals surface area contributed by atoms with E-state index >= 15 is 0 Å². The average molecular weight is 1060 g/mol. The number of para-hydroxylation sites is 2. The molecule has 384 valence electrons. The van der Waals surface area contributed by atoms with Gasteiger partial charge in [-0.3, -0.25) is 0 Å². The highest BCUT2D eigenvalue weighted by atomic mass is 15.0. The first kappa shape index (κ1) is 45.6. The van der Waals surface area contributed by atoms with E-state index in [0.29, 0.717) is 17.5 Å². The Balaban J connectivity index is 0.926. The normalized spacial score (nSPS) is 12.1. The van der Waals surface area contributed by atoms with Crippen LogP contribution in [-0.4, -0.2) is 28.7 Å². The van der Waals surface area contributed by atoms with Gasteiger partial charge in [0.15, 0.2) is 17.5 Å². The summed E-state index contributed by atoms with van der Waals surface area (Å²) >= 11 is 0. The molecule has 0 spiro atoms. The summed E-state index contributed by atoms with van der Waals surface area (Å²) in [5.74, 6) is 1.85. The van der Waals surface area contributed by atoms with Crippen molar-refractivity contribution in [3.05, 3.63) is 279 Å². The van der Waals surface area contributed by atoms with E-state index in [2.05, 4.69) is 293 Å². The van der Waals surface area contributed by atoms with E-state index < -0.39 is 0 Å². The maximum absolute atomic E-state index is 5.41. The molecule has 0 atom stereocenters. The van der Waals surface area contributed by atoms with Crippen molar-refractivity contribution in [1.29, 1.82) is 0 Å². The molecular formula is C77H46N6. The fourth-order valence-corrected chi connectivity index (χ4v) is 13.7. The first-order valence-electron chi connectivity index (χ1n) is 28.3. The van der Waals surface area contributed by atoms with Crippen LogP contribution in [0.4, 0.5) is 0 Å². The van der Waals surface area contributed by atoms with Gasteiger partial charge in [-0.1, -0.05) is 206 Å². The van der Waals surface area contributed by atoms with Crippen LogP contribution in [0.1, 0.15) is 0 Å². The average Bonchev–Trinajstić information content (AvgIpc) is 2.98. The van der Waals surface area contributed by atoms with Gasteiger partial charge in [0.1, 0.15) is 0 Å². The van der Waals surface area contributed by atoms with Gasteiger partial charge in [0, 0.05) is 71.2 Å².